The van der Waals surface area contributed by atoms with Gasteiger partial charge in [-0.2, -0.15) is 5.10 Å². The van der Waals surface area contributed by atoms with Crippen molar-refractivity contribution in [3.05, 3.63) is 36.5 Å². The molecule has 0 aliphatic heterocycles. The first-order chi connectivity index (χ1) is 6.36. The zero-order chi connectivity index (χ0) is 9.10. The molecule has 1 heterocycles. The molecule has 4 heteroatoms. The molecule has 2 aromatic rings. The summed E-state index contributed by atoms with van der Waals surface area (Å²) in [6.45, 7) is 0. The molecule has 0 atom stereocenters. The van der Waals surface area contributed by atoms with Gasteiger partial charge >= 0.3 is 0 Å². The van der Waals surface area contributed by atoms with Crippen molar-refractivity contribution in [2.24, 2.45) is 0 Å². The number of nitrogens with two attached hydrogens (primary N) is 1. The largest absolute Gasteiger partial charge is 0.380 e. The highest BCUT2D eigenvalue weighted by atomic mass is 15.2. The number of anilines is 3. The van der Waals surface area contributed by atoms with Crippen LogP contribution in [-0.4, -0.2) is 10.2 Å². The minimum absolute atomic E-state index is 0.476. The first-order valence-electron chi connectivity index (χ1n) is 3.97. The zero-order valence-electron chi connectivity index (χ0n) is 6.99. The van der Waals surface area contributed by atoms with E-state index >= 15 is 0 Å². The van der Waals surface area contributed by atoms with Crippen LogP contribution in [0.15, 0.2) is 36.5 Å². The van der Waals surface area contributed by atoms with Gasteiger partial charge in [0.2, 0.25) is 0 Å². The Morgan fingerprint density at radius 2 is 2.00 bits per heavy atom. The number of H-pyrrole nitrogens is 1. The van der Waals surface area contributed by atoms with Crippen LogP contribution in [0.4, 0.5) is 17.2 Å². The second-order valence-electron chi connectivity index (χ2n) is 2.68. The molecule has 1 aromatic carbocycles. The molecule has 0 amide bonds. The van der Waals surface area contributed by atoms with Gasteiger partial charge in [0.15, 0.2) is 5.82 Å². The minimum Gasteiger partial charge on any atom is -0.380 e. The van der Waals surface area contributed by atoms with Crippen molar-refractivity contribution in [1.29, 1.82) is 0 Å². The van der Waals surface area contributed by atoms with Gasteiger partial charge in [-0.15, -0.1) is 0 Å². The Kier molecular flexibility index (Phi) is 1.88. The molecule has 2 rings (SSSR count). The number of nitrogens with one attached hydrogen (secondary N) is 2. The third-order valence-corrected chi connectivity index (χ3v) is 1.72. The number of hydrogen-bond acceptors (Lipinski definition) is 3. The van der Waals surface area contributed by atoms with Gasteiger partial charge in [-0.1, -0.05) is 18.2 Å². The van der Waals surface area contributed by atoms with E-state index in [1.807, 2.05) is 30.3 Å². The van der Waals surface area contributed by atoms with Crippen LogP contribution in [0.5, 0.6) is 0 Å². The molecule has 13 heavy (non-hydrogen) atoms. The number of benzene rings is 1. The lowest BCUT2D eigenvalue weighted by atomic mass is 10.3. The van der Waals surface area contributed by atoms with E-state index in [4.69, 9.17) is 5.73 Å². The standard InChI is InChI=1S/C9H10N4/c10-9-8(6-11-13-9)12-7-4-2-1-3-5-7/h1-6,12H,(H3,10,11,13). The van der Waals surface area contributed by atoms with E-state index in [-0.39, 0.29) is 0 Å². The third kappa shape index (κ3) is 1.61. The molecule has 4 nitrogen and oxygen atoms in total. The lowest BCUT2D eigenvalue weighted by Crippen LogP contribution is -1.93. The van der Waals surface area contributed by atoms with Crippen LogP contribution in [0.3, 0.4) is 0 Å². The predicted molar refractivity (Wildman–Crippen MR) is 52.7 cm³/mol. The quantitative estimate of drug-likeness (QED) is 0.649. The summed E-state index contributed by atoms with van der Waals surface area (Å²) in [7, 11) is 0. The highest BCUT2D eigenvalue weighted by molar-refractivity contribution is 5.68. The number of nitrogen functional groups attached to an aromatic ring is 1. The van der Waals surface area contributed by atoms with Crippen LogP contribution in [0.25, 0.3) is 0 Å². The summed E-state index contributed by atoms with van der Waals surface area (Å²) < 4.78 is 0. The molecule has 1 aromatic heterocycles. The number of hydrogen-bond donors (Lipinski definition) is 3. The van der Waals surface area contributed by atoms with Gasteiger partial charge in [0.1, 0.15) is 5.69 Å². The SMILES string of the molecule is Nc1n[nH]cc1Nc1ccccc1. The van der Waals surface area contributed by atoms with Gasteiger partial charge in [0, 0.05) is 11.9 Å². The molecule has 0 aliphatic carbocycles. The third-order valence-electron chi connectivity index (χ3n) is 1.72. The number of aromatic amines is 1. The van der Waals surface area contributed by atoms with Crippen LogP contribution >= 0.6 is 0 Å². The lowest BCUT2D eigenvalue weighted by Gasteiger charge is -2.02. The summed E-state index contributed by atoms with van der Waals surface area (Å²) >= 11 is 0. The van der Waals surface area contributed by atoms with Crippen molar-refractivity contribution < 1.29 is 0 Å². The molecule has 0 aliphatic rings. The topological polar surface area (TPSA) is 66.7 Å². The van der Waals surface area contributed by atoms with Gasteiger partial charge in [0.25, 0.3) is 0 Å². The highest BCUT2D eigenvalue weighted by Crippen LogP contribution is 2.19. The van der Waals surface area contributed by atoms with E-state index in [9.17, 15) is 0 Å². The van der Waals surface area contributed by atoms with Crippen molar-refractivity contribution in [2.45, 2.75) is 0 Å². The van der Waals surface area contributed by atoms with Gasteiger partial charge < -0.3 is 11.1 Å². The van der Waals surface area contributed by atoms with E-state index in [1.54, 1.807) is 6.20 Å². The molecule has 66 valence electrons. The summed E-state index contributed by atoms with van der Waals surface area (Å²) in [5.41, 5.74) is 7.38. The molecule has 4 N–H and O–H groups in total. The van der Waals surface area contributed by atoms with E-state index in [0.717, 1.165) is 11.4 Å². The fraction of sp³-hybridized carbons (Fsp3) is 0. The first-order valence-corrected chi connectivity index (χ1v) is 3.97. The van der Waals surface area contributed by atoms with E-state index in [2.05, 4.69) is 15.5 Å². The monoisotopic (exact) mass is 174 g/mol. The maximum Gasteiger partial charge on any atom is 0.169 e. The number of aromatic nitrogens is 2. The van der Waals surface area contributed by atoms with Crippen LogP contribution in [0.2, 0.25) is 0 Å². The highest BCUT2D eigenvalue weighted by Gasteiger charge is 1.99. The second-order valence-corrected chi connectivity index (χ2v) is 2.68. The van der Waals surface area contributed by atoms with Crippen molar-refractivity contribution >= 4 is 17.2 Å². The number of para-hydroxylation sites is 1. The summed E-state index contributed by atoms with van der Waals surface area (Å²) in [4.78, 5) is 0. The average Bonchev–Trinajstić information content (AvgIpc) is 2.54. The minimum atomic E-state index is 0.476. The molecule has 0 radical (unpaired) electrons. The Bertz CT molecular complexity index is 380. The number of rotatable bonds is 2. The second kappa shape index (κ2) is 3.18. The van der Waals surface area contributed by atoms with Crippen molar-refractivity contribution in [2.75, 3.05) is 11.1 Å². The zero-order valence-corrected chi connectivity index (χ0v) is 6.99. The molecule has 0 saturated carbocycles. The molecular formula is C9H10N4. The van der Waals surface area contributed by atoms with Gasteiger partial charge in [-0.05, 0) is 12.1 Å². The van der Waals surface area contributed by atoms with Gasteiger partial charge in [-0.3, -0.25) is 5.10 Å². The summed E-state index contributed by atoms with van der Waals surface area (Å²) in [5, 5.41) is 9.62. The summed E-state index contributed by atoms with van der Waals surface area (Å²) in [6, 6.07) is 9.81. The van der Waals surface area contributed by atoms with E-state index in [0.29, 0.717) is 5.82 Å². The Labute approximate surface area is 75.8 Å². The van der Waals surface area contributed by atoms with Crippen LogP contribution in [-0.2, 0) is 0 Å². The van der Waals surface area contributed by atoms with E-state index < -0.39 is 0 Å². The fourth-order valence-corrected chi connectivity index (χ4v) is 1.08. The normalized spacial score (nSPS) is 9.85. The molecule has 0 unspecified atom stereocenters. The van der Waals surface area contributed by atoms with Gasteiger partial charge in [-0.25, -0.2) is 0 Å². The first kappa shape index (κ1) is 7.67. The van der Waals surface area contributed by atoms with Crippen molar-refractivity contribution in [1.82, 2.24) is 10.2 Å². The van der Waals surface area contributed by atoms with Gasteiger partial charge in [0.05, 0.1) is 0 Å². The molecular weight excluding hydrogens is 164 g/mol. The molecule has 0 spiro atoms. The van der Waals surface area contributed by atoms with Crippen LogP contribution < -0.4 is 11.1 Å². The van der Waals surface area contributed by atoms with E-state index in [1.165, 1.54) is 0 Å². The predicted octanol–water partition coefficient (Wildman–Crippen LogP) is 1.74. The maximum atomic E-state index is 5.58. The molecule has 0 fully saturated rings. The lowest BCUT2D eigenvalue weighted by molar-refractivity contribution is 1.10. The average molecular weight is 174 g/mol. The summed E-state index contributed by atoms with van der Waals surface area (Å²) in [6.07, 6.45) is 1.72. The maximum absolute atomic E-state index is 5.58. The number of nitrogens with zero attached hydrogens (tertiary/aromatic N) is 1. The smallest absolute Gasteiger partial charge is 0.169 e. The van der Waals surface area contributed by atoms with Crippen LogP contribution in [0, 0.1) is 0 Å². The molecule has 0 bridgehead atoms. The Balaban J connectivity index is 2.20. The molecule has 0 saturated heterocycles. The van der Waals surface area contributed by atoms with Crippen LogP contribution in [0.1, 0.15) is 0 Å². The Morgan fingerprint density at radius 1 is 1.23 bits per heavy atom. The Hall–Kier alpha value is -1.97. The summed E-state index contributed by atoms with van der Waals surface area (Å²) in [5.74, 6) is 0.476. The Morgan fingerprint density at radius 3 is 2.62 bits per heavy atom. The van der Waals surface area contributed by atoms with Crippen molar-refractivity contribution in [3.8, 4) is 0 Å². The van der Waals surface area contributed by atoms with Crippen molar-refractivity contribution in [3.63, 3.8) is 0 Å². The fourth-order valence-electron chi connectivity index (χ4n) is 1.08.